The van der Waals surface area contributed by atoms with Crippen molar-refractivity contribution in [1.82, 2.24) is 16.0 Å². The van der Waals surface area contributed by atoms with Gasteiger partial charge in [0.1, 0.15) is 18.2 Å². The van der Waals surface area contributed by atoms with E-state index in [0.717, 1.165) is 0 Å². The van der Waals surface area contributed by atoms with Gasteiger partial charge in [-0.3, -0.25) is 19.2 Å². The van der Waals surface area contributed by atoms with Crippen molar-refractivity contribution in [2.45, 2.75) is 76.1 Å². The van der Waals surface area contributed by atoms with Gasteiger partial charge in [0.05, 0.1) is 31.2 Å². The molecule has 10 N–H and O–H groups in total. The molecule has 0 saturated heterocycles. The van der Waals surface area contributed by atoms with Crippen LogP contribution >= 0.6 is 0 Å². The molecule has 0 radical (unpaired) electrons. The van der Waals surface area contributed by atoms with E-state index >= 15 is 0 Å². The number of rotatable bonds is 15. The Hall–Kier alpha value is -3.10. The lowest BCUT2D eigenvalue weighted by molar-refractivity contribution is -0.145. The van der Waals surface area contributed by atoms with Gasteiger partial charge in [0.15, 0.2) is 6.10 Å². The number of hydrogen-bond acceptors (Lipinski definition) is 9. The van der Waals surface area contributed by atoms with Gasteiger partial charge in [-0.1, -0.05) is 44.2 Å². The Kier molecular flexibility index (Phi) is 13.1. The molecule has 13 nitrogen and oxygen atoms in total. The van der Waals surface area contributed by atoms with Crippen LogP contribution in [0.1, 0.15) is 45.2 Å². The summed E-state index contributed by atoms with van der Waals surface area (Å²) in [5.41, 5.74) is 5.97. The van der Waals surface area contributed by atoms with Crippen LogP contribution in [0, 0.1) is 5.92 Å². The van der Waals surface area contributed by atoms with Crippen molar-refractivity contribution in [3.63, 3.8) is 0 Å². The van der Waals surface area contributed by atoms with E-state index in [4.69, 9.17) is 10.8 Å². The average Bonchev–Trinajstić information content (AvgIpc) is 2.84. The summed E-state index contributed by atoms with van der Waals surface area (Å²) in [5, 5.41) is 57.2. The summed E-state index contributed by atoms with van der Waals surface area (Å²) in [6.07, 6.45) is -6.71. The molecule has 208 valence electrons. The maximum absolute atomic E-state index is 12.8. The number of carbonyl (C=O) groups is 4. The third-order valence-corrected chi connectivity index (χ3v) is 5.53. The van der Waals surface area contributed by atoms with Gasteiger partial charge >= 0.3 is 5.97 Å². The zero-order valence-corrected chi connectivity index (χ0v) is 21.1. The summed E-state index contributed by atoms with van der Waals surface area (Å²) in [7, 11) is 0. The molecule has 0 spiro atoms. The standard InChI is InChI=1S/C24H38N4O9/c1-12(2)9-16(27-22(35)13(3)25)23(36)28-17(11-29)19(32)20(33)21(34)24(37)26-15(10-18(30)31)14-7-5-4-6-8-14/h4-8,12-13,15-17,19-21,29,32-34H,9-11,25H2,1-3H3,(H,26,37)(H,27,35)(H,28,36)(H,30,31)/t13-,15-,16-,17-,19+,20+,21-/m0/s1. The molecule has 13 heteroatoms. The van der Waals surface area contributed by atoms with Gasteiger partial charge < -0.3 is 47.2 Å². The molecular formula is C24H38N4O9. The molecule has 3 amide bonds. The fourth-order valence-electron chi connectivity index (χ4n) is 3.48. The number of nitrogens with one attached hydrogen (secondary N) is 3. The number of benzene rings is 1. The molecule has 0 aliphatic rings. The number of nitrogens with two attached hydrogens (primary N) is 1. The molecule has 0 bridgehead atoms. The lowest BCUT2D eigenvalue weighted by atomic mass is 9.98. The van der Waals surface area contributed by atoms with Crippen molar-refractivity contribution < 1.29 is 44.7 Å². The molecule has 7 atom stereocenters. The quantitative estimate of drug-likeness (QED) is 0.119. The van der Waals surface area contributed by atoms with Crippen LogP contribution < -0.4 is 21.7 Å². The summed E-state index contributed by atoms with van der Waals surface area (Å²) >= 11 is 0. The third kappa shape index (κ3) is 10.4. The van der Waals surface area contributed by atoms with E-state index < -0.39 is 79.2 Å². The summed E-state index contributed by atoms with van der Waals surface area (Å²) in [6, 6.07) is 3.58. The smallest absolute Gasteiger partial charge is 0.305 e. The van der Waals surface area contributed by atoms with Crippen molar-refractivity contribution in [3.05, 3.63) is 35.9 Å². The highest BCUT2D eigenvalue weighted by atomic mass is 16.4. The third-order valence-electron chi connectivity index (χ3n) is 5.53. The monoisotopic (exact) mass is 526 g/mol. The Morgan fingerprint density at radius 2 is 1.46 bits per heavy atom. The minimum atomic E-state index is -2.23. The lowest BCUT2D eigenvalue weighted by Gasteiger charge is -2.31. The largest absolute Gasteiger partial charge is 0.481 e. The van der Waals surface area contributed by atoms with Crippen molar-refractivity contribution in [1.29, 1.82) is 0 Å². The molecule has 0 aromatic heterocycles. The van der Waals surface area contributed by atoms with E-state index in [0.29, 0.717) is 5.56 Å². The van der Waals surface area contributed by atoms with Crippen LogP contribution in [0.2, 0.25) is 0 Å². The van der Waals surface area contributed by atoms with Crippen molar-refractivity contribution in [2.24, 2.45) is 11.7 Å². The second kappa shape index (κ2) is 15.2. The summed E-state index contributed by atoms with van der Waals surface area (Å²) < 4.78 is 0. The Morgan fingerprint density at radius 1 is 0.865 bits per heavy atom. The van der Waals surface area contributed by atoms with Crippen LogP contribution in [-0.2, 0) is 19.2 Å². The van der Waals surface area contributed by atoms with Gasteiger partial charge in [0.2, 0.25) is 11.8 Å². The summed E-state index contributed by atoms with van der Waals surface area (Å²) in [4.78, 5) is 48.6. The fourth-order valence-corrected chi connectivity index (χ4v) is 3.48. The number of aliphatic carboxylic acids is 1. The first-order valence-electron chi connectivity index (χ1n) is 11.9. The van der Waals surface area contributed by atoms with Gasteiger partial charge in [0, 0.05) is 0 Å². The SMILES string of the molecule is CC(C)C[C@H](NC(=O)[C@H](C)N)C(=O)N[C@@H](CO)[C@@H](O)[C@@H](O)[C@H](O)C(=O)N[C@@H](CC(=O)O)c1ccccc1. The van der Waals surface area contributed by atoms with E-state index in [9.17, 15) is 39.6 Å². The first kappa shape index (κ1) is 31.9. The predicted octanol–water partition coefficient (Wildman–Crippen LogP) is -2.24. The molecule has 1 aromatic rings. The molecule has 1 aromatic carbocycles. The van der Waals surface area contributed by atoms with Crippen LogP contribution in [0.3, 0.4) is 0 Å². The van der Waals surface area contributed by atoms with Crippen molar-refractivity contribution >= 4 is 23.7 Å². The van der Waals surface area contributed by atoms with Gasteiger partial charge in [-0.25, -0.2) is 0 Å². The molecule has 0 saturated carbocycles. The van der Waals surface area contributed by atoms with Crippen LogP contribution in [0.4, 0.5) is 0 Å². The molecule has 0 aliphatic carbocycles. The zero-order valence-electron chi connectivity index (χ0n) is 21.1. The number of aliphatic hydroxyl groups excluding tert-OH is 4. The Morgan fingerprint density at radius 3 is 1.95 bits per heavy atom. The van der Waals surface area contributed by atoms with E-state index in [1.54, 1.807) is 30.3 Å². The lowest BCUT2D eigenvalue weighted by Crippen LogP contribution is -2.60. The number of carboxylic acids is 1. The Labute approximate surface area is 215 Å². The number of amides is 3. The first-order valence-corrected chi connectivity index (χ1v) is 11.9. The highest BCUT2D eigenvalue weighted by Crippen LogP contribution is 2.17. The molecule has 0 unspecified atom stereocenters. The van der Waals surface area contributed by atoms with Gasteiger partial charge in [-0.05, 0) is 24.8 Å². The molecule has 1 rings (SSSR count). The van der Waals surface area contributed by atoms with Crippen molar-refractivity contribution in [2.75, 3.05) is 6.61 Å². The van der Waals surface area contributed by atoms with Crippen molar-refractivity contribution in [3.8, 4) is 0 Å². The predicted molar refractivity (Wildman–Crippen MR) is 132 cm³/mol. The topological polar surface area (TPSA) is 232 Å². The number of carboxylic acid groups (broad SMARTS) is 1. The fraction of sp³-hybridized carbons (Fsp3) is 0.583. The number of carbonyl (C=O) groups excluding carboxylic acids is 3. The van der Waals surface area contributed by atoms with Gasteiger partial charge in [-0.2, -0.15) is 0 Å². The summed E-state index contributed by atoms with van der Waals surface area (Å²) in [5.74, 6) is -3.80. The molecule has 0 aliphatic heterocycles. The minimum Gasteiger partial charge on any atom is -0.481 e. The zero-order chi connectivity index (χ0) is 28.3. The Balaban J connectivity index is 2.93. The number of hydrogen-bond donors (Lipinski definition) is 9. The highest BCUT2D eigenvalue weighted by molar-refractivity contribution is 5.89. The van der Waals surface area contributed by atoms with Crippen LogP contribution in [-0.4, -0.2) is 92.3 Å². The molecule has 0 fully saturated rings. The maximum Gasteiger partial charge on any atom is 0.305 e. The van der Waals surface area contributed by atoms with Crippen LogP contribution in [0.15, 0.2) is 30.3 Å². The Bertz CT molecular complexity index is 897. The van der Waals surface area contributed by atoms with E-state index in [1.807, 2.05) is 13.8 Å². The average molecular weight is 527 g/mol. The van der Waals surface area contributed by atoms with E-state index in [-0.39, 0.29) is 12.3 Å². The normalized spacial score (nSPS) is 17.0. The molecule has 0 heterocycles. The van der Waals surface area contributed by atoms with Gasteiger partial charge in [0.25, 0.3) is 5.91 Å². The molecule has 37 heavy (non-hydrogen) atoms. The van der Waals surface area contributed by atoms with Gasteiger partial charge in [-0.15, -0.1) is 0 Å². The van der Waals surface area contributed by atoms with Crippen LogP contribution in [0.5, 0.6) is 0 Å². The first-order chi connectivity index (χ1) is 17.3. The minimum absolute atomic E-state index is 0.0268. The molecular weight excluding hydrogens is 488 g/mol. The number of aliphatic hydroxyl groups is 4. The maximum atomic E-state index is 12.8. The second-order valence-corrected chi connectivity index (χ2v) is 9.27. The van der Waals surface area contributed by atoms with E-state index in [1.165, 1.54) is 6.92 Å². The van der Waals surface area contributed by atoms with E-state index in [2.05, 4.69) is 16.0 Å². The van der Waals surface area contributed by atoms with Crippen LogP contribution in [0.25, 0.3) is 0 Å². The second-order valence-electron chi connectivity index (χ2n) is 9.27. The highest BCUT2D eigenvalue weighted by Gasteiger charge is 2.37. The summed E-state index contributed by atoms with van der Waals surface area (Å²) in [6.45, 7) is 4.17.